The standard InChI is InChI=1S/C9H7F2IO/c1-13-7-4-2-6(3-5-7)8(10)9(11)12/h2-5H,1H3/b9-8-. The van der Waals surface area contributed by atoms with E-state index in [1.807, 2.05) is 0 Å². The van der Waals surface area contributed by atoms with Crippen LogP contribution in [0.25, 0.3) is 5.83 Å². The van der Waals surface area contributed by atoms with Gasteiger partial charge in [-0.3, -0.25) is 0 Å². The molecule has 0 spiro atoms. The second kappa shape index (κ2) is 4.55. The van der Waals surface area contributed by atoms with Gasteiger partial charge >= 0.3 is 0 Å². The molecule has 1 rings (SSSR count). The molecule has 0 aliphatic rings. The molecule has 0 N–H and O–H groups in total. The van der Waals surface area contributed by atoms with Gasteiger partial charge in [0.1, 0.15) is 5.75 Å². The number of hydrogen-bond donors (Lipinski definition) is 0. The molecule has 0 amide bonds. The topological polar surface area (TPSA) is 9.23 Å². The molecule has 4 heteroatoms. The zero-order chi connectivity index (χ0) is 9.84. The van der Waals surface area contributed by atoms with E-state index in [9.17, 15) is 8.78 Å². The highest BCUT2D eigenvalue weighted by Gasteiger charge is 2.05. The molecule has 0 aliphatic carbocycles. The van der Waals surface area contributed by atoms with Gasteiger partial charge in [0, 0.05) is 5.56 Å². The number of hydrogen-bond acceptors (Lipinski definition) is 1. The zero-order valence-electron chi connectivity index (χ0n) is 6.85. The summed E-state index contributed by atoms with van der Waals surface area (Å²) in [4.78, 5) is 0. The van der Waals surface area contributed by atoms with Crippen molar-refractivity contribution in [2.24, 2.45) is 0 Å². The van der Waals surface area contributed by atoms with Crippen LogP contribution in [-0.4, -0.2) is 7.11 Å². The molecule has 0 saturated carbocycles. The highest BCUT2D eigenvalue weighted by Crippen LogP contribution is 2.26. The molecule has 1 nitrogen and oxygen atoms in total. The predicted octanol–water partition coefficient (Wildman–Crippen LogP) is 3.70. The largest absolute Gasteiger partial charge is 0.497 e. The van der Waals surface area contributed by atoms with Gasteiger partial charge in [0.05, 0.1) is 7.11 Å². The molecule has 0 fully saturated rings. The van der Waals surface area contributed by atoms with Crippen LogP contribution in [0.3, 0.4) is 0 Å². The third-order valence-corrected chi connectivity index (χ3v) is 1.98. The van der Waals surface area contributed by atoms with Crippen LogP contribution in [0.1, 0.15) is 5.56 Å². The molecule has 0 aromatic heterocycles. The first-order chi connectivity index (χ1) is 6.15. The highest BCUT2D eigenvalue weighted by atomic mass is 127. The minimum atomic E-state index is -0.845. The summed E-state index contributed by atoms with van der Waals surface area (Å²) in [5.41, 5.74) is 0.215. The van der Waals surface area contributed by atoms with Gasteiger partial charge < -0.3 is 4.74 Å². The Morgan fingerprint density at radius 2 is 1.77 bits per heavy atom. The first kappa shape index (κ1) is 10.4. The molecular formula is C9H7F2IO. The Morgan fingerprint density at radius 1 is 1.23 bits per heavy atom. The summed E-state index contributed by atoms with van der Waals surface area (Å²) in [5.74, 6) is -0.228. The molecule has 13 heavy (non-hydrogen) atoms. The number of benzene rings is 1. The van der Waals surface area contributed by atoms with E-state index in [-0.39, 0.29) is 5.56 Å². The van der Waals surface area contributed by atoms with Gasteiger partial charge in [-0.2, -0.15) is 4.39 Å². The lowest BCUT2D eigenvalue weighted by Gasteiger charge is -2.00. The molecule has 0 saturated heterocycles. The Balaban J connectivity index is 2.99. The van der Waals surface area contributed by atoms with Gasteiger partial charge in [0.2, 0.25) is 0 Å². The summed E-state index contributed by atoms with van der Waals surface area (Å²) in [7, 11) is 1.51. The van der Waals surface area contributed by atoms with Crippen LogP contribution < -0.4 is 4.74 Å². The van der Waals surface area contributed by atoms with Gasteiger partial charge in [-0.25, -0.2) is 4.39 Å². The van der Waals surface area contributed by atoms with Crippen LogP contribution in [-0.2, 0) is 0 Å². The van der Waals surface area contributed by atoms with E-state index in [4.69, 9.17) is 4.74 Å². The van der Waals surface area contributed by atoms with Crippen LogP contribution in [0, 0.1) is 0 Å². The van der Waals surface area contributed by atoms with E-state index in [0.29, 0.717) is 5.75 Å². The first-order valence-corrected chi connectivity index (χ1v) is 4.58. The smallest absolute Gasteiger partial charge is 0.196 e. The lowest BCUT2D eigenvalue weighted by atomic mass is 10.2. The fourth-order valence-electron chi connectivity index (χ4n) is 0.846. The average molecular weight is 296 g/mol. The van der Waals surface area contributed by atoms with E-state index < -0.39 is 9.66 Å². The fraction of sp³-hybridized carbons (Fsp3) is 0.111. The monoisotopic (exact) mass is 296 g/mol. The van der Waals surface area contributed by atoms with Crippen LogP contribution in [0.15, 0.2) is 28.1 Å². The van der Waals surface area contributed by atoms with Gasteiger partial charge in [-0.1, -0.05) is 0 Å². The van der Waals surface area contributed by atoms with E-state index in [2.05, 4.69) is 0 Å². The molecular weight excluding hydrogens is 289 g/mol. The molecule has 0 aliphatic heterocycles. The molecule has 0 heterocycles. The zero-order valence-corrected chi connectivity index (χ0v) is 9.01. The maximum absolute atomic E-state index is 12.9. The maximum Gasteiger partial charge on any atom is 0.196 e. The van der Waals surface area contributed by atoms with Crippen LogP contribution in [0.2, 0.25) is 0 Å². The van der Waals surface area contributed by atoms with Gasteiger partial charge in [-0.15, -0.1) is 0 Å². The third-order valence-electron chi connectivity index (χ3n) is 1.51. The number of ether oxygens (including phenoxy) is 1. The van der Waals surface area contributed by atoms with Crippen molar-refractivity contribution in [3.63, 3.8) is 0 Å². The van der Waals surface area contributed by atoms with E-state index in [1.165, 1.54) is 41.8 Å². The SMILES string of the molecule is COc1ccc(/C(F)=C(\F)I)cc1. The molecule has 1 aromatic carbocycles. The molecule has 0 unspecified atom stereocenters. The van der Waals surface area contributed by atoms with Crippen molar-refractivity contribution in [1.29, 1.82) is 0 Å². The minimum Gasteiger partial charge on any atom is -0.497 e. The Bertz CT molecular complexity index is 315. The Hall–Kier alpha value is -0.650. The summed E-state index contributed by atoms with van der Waals surface area (Å²) in [5, 5.41) is 0. The number of methoxy groups -OCH3 is 1. The van der Waals surface area contributed by atoms with Gasteiger partial charge in [0.15, 0.2) is 9.66 Å². The summed E-state index contributed by atoms with van der Waals surface area (Å²) < 4.78 is 29.4. The quantitative estimate of drug-likeness (QED) is 0.756. The van der Waals surface area contributed by atoms with Crippen molar-refractivity contribution in [2.75, 3.05) is 7.11 Å². The van der Waals surface area contributed by atoms with E-state index >= 15 is 0 Å². The molecule has 0 bridgehead atoms. The third kappa shape index (κ3) is 2.65. The van der Waals surface area contributed by atoms with Gasteiger partial charge in [0.25, 0.3) is 0 Å². The average Bonchev–Trinajstić information content (AvgIpc) is 2.17. The number of halogens is 3. The van der Waals surface area contributed by atoms with Gasteiger partial charge in [-0.05, 0) is 46.9 Å². The second-order valence-electron chi connectivity index (χ2n) is 2.30. The van der Waals surface area contributed by atoms with E-state index in [1.54, 1.807) is 12.1 Å². The summed E-state index contributed by atoms with van der Waals surface area (Å²) in [6.45, 7) is 0. The van der Waals surface area contributed by atoms with Crippen molar-refractivity contribution in [2.45, 2.75) is 0 Å². The second-order valence-corrected chi connectivity index (χ2v) is 3.25. The molecule has 70 valence electrons. The molecule has 1 aromatic rings. The summed E-state index contributed by atoms with van der Waals surface area (Å²) >= 11 is 1.30. The summed E-state index contributed by atoms with van der Waals surface area (Å²) in [6, 6.07) is 6.09. The van der Waals surface area contributed by atoms with Crippen molar-refractivity contribution in [3.8, 4) is 5.75 Å². The van der Waals surface area contributed by atoms with Crippen molar-refractivity contribution in [1.82, 2.24) is 0 Å². The van der Waals surface area contributed by atoms with Crippen LogP contribution in [0.4, 0.5) is 8.78 Å². The fourth-order valence-corrected chi connectivity index (χ4v) is 1.16. The minimum absolute atomic E-state index is 0.215. The van der Waals surface area contributed by atoms with Crippen LogP contribution in [0.5, 0.6) is 5.75 Å². The lowest BCUT2D eigenvalue weighted by molar-refractivity contribution is 0.414. The highest BCUT2D eigenvalue weighted by molar-refractivity contribution is 14.1. The normalized spacial score (nSPS) is 12.3. The molecule has 0 radical (unpaired) electrons. The van der Waals surface area contributed by atoms with Crippen LogP contribution >= 0.6 is 22.6 Å². The van der Waals surface area contributed by atoms with Crippen molar-refractivity contribution < 1.29 is 13.5 Å². The predicted molar refractivity (Wildman–Crippen MR) is 56.2 cm³/mol. The summed E-state index contributed by atoms with van der Waals surface area (Å²) in [6.07, 6.45) is 0. The number of rotatable bonds is 2. The van der Waals surface area contributed by atoms with Crippen molar-refractivity contribution in [3.05, 3.63) is 33.7 Å². The Kier molecular flexibility index (Phi) is 3.65. The maximum atomic E-state index is 12.9. The Morgan fingerprint density at radius 3 is 2.15 bits per heavy atom. The van der Waals surface area contributed by atoms with Crippen molar-refractivity contribution >= 4 is 28.4 Å². The molecule has 0 atom stereocenters. The Labute approximate surface area is 88.5 Å². The lowest BCUT2D eigenvalue weighted by Crippen LogP contribution is -1.83. The first-order valence-electron chi connectivity index (χ1n) is 3.50. The van der Waals surface area contributed by atoms with E-state index in [0.717, 1.165) is 0 Å².